The summed E-state index contributed by atoms with van der Waals surface area (Å²) in [5.41, 5.74) is 1.75. The number of hydroxylamine groups is 1. The molecule has 0 atom stereocenters. The summed E-state index contributed by atoms with van der Waals surface area (Å²) in [5.74, 6) is -0.515. The van der Waals surface area contributed by atoms with Gasteiger partial charge in [0, 0.05) is 0 Å². The molecule has 2 N–H and O–H groups in total. The number of nitriles is 1. The maximum absolute atomic E-state index is 10.3. The highest BCUT2D eigenvalue weighted by Gasteiger charge is 1.96. The minimum atomic E-state index is -0.515. The zero-order valence-corrected chi connectivity index (χ0v) is 4.97. The van der Waals surface area contributed by atoms with Crippen LogP contribution in [-0.2, 0) is 9.63 Å². The fourth-order valence-electron chi connectivity index (χ4n) is 0.260. The maximum Gasteiger partial charge on any atom is 0.346 e. The van der Waals surface area contributed by atoms with E-state index in [1.807, 2.05) is 0 Å². The predicted molar refractivity (Wildman–Crippen MR) is 28.8 cm³/mol. The Morgan fingerprint density at radius 1 is 1.89 bits per heavy atom. The van der Waals surface area contributed by atoms with Crippen molar-refractivity contribution in [1.82, 2.24) is 10.8 Å². The number of nitrogens with zero attached hydrogens (tertiary/aromatic N) is 1. The molecule has 0 heterocycles. The largest absolute Gasteiger partial charge is 0.346 e. The Balaban J connectivity index is 3.19. The first kappa shape index (κ1) is 7.72. The third kappa shape index (κ3) is 4.58. The van der Waals surface area contributed by atoms with Gasteiger partial charge in [-0.1, -0.05) is 0 Å². The van der Waals surface area contributed by atoms with Crippen LogP contribution in [0, 0.1) is 11.5 Å². The van der Waals surface area contributed by atoms with Crippen LogP contribution < -0.4 is 10.8 Å². The van der Waals surface area contributed by atoms with E-state index in [1.165, 1.54) is 6.19 Å². The van der Waals surface area contributed by atoms with Gasteiger partial charge in [0.25, 0.3) is 0 Å². The first-order valence-electron chi connectivity index (χ1n) is 2.29. The molecule has 50 valence electrons. The summed E-state index contributed by atoms with van der Waals surface area (Å²) >= 11 is 0. The summed E-state index contributed by atoms with van der Waals surface area (Å²) in [6.07, 6.45) is 1.44. The lowest BCUT2D eigenvalue weighted by Gasteiger charge is -1.96. The van der Waals surface area contributed by atoms with Gasteiger partial charge in [-0.15, -0.1) is 0 Å². The summed E-state index contributed by atoms with van der Waals surface area (Å²) in [5, 5.41) is 10.4. The van der Waals surface area contributed by atoms with Crippen LogP contribution in [0.5, 0.6) is 0 Å². The van der Waals surface area contributed by atoms with Crippen molar-refractivity contribution in [2.24, 2.45) is 0 Å². The van der Waals surface area contributed by atoms with Crippen molar-refractivity contribution in [3.63, 3.8) is 0 Å². The van der Waals surface area contributed by atoms with E-state index in [0.29, 0.717) is 0 Å². The normalized spacial score (nSPS) is 7.56. The SMILES string of the molecule is CNCC(=O)ONC#N. The highest BCUT2D eigenvalue weighted by molar-refractivity contribution is 5.71. The number of nitrogens with one attached hydrogen (secondary N) is 2. The molecule has 0 spiro atoms. The molecule has 0 amide bonds. The molecule has 0 saturated heterocycles. The summed E-state index contributed by atoms with van der Waals surface area (Å²) in [6, 6.07) is 0. The number of rotatable bonds is 3. The fraction of sp³-hybridized carbons (Fsp3) is 0.500. The van der Waals surface area contributed by atoms with Crippen LogP contribution in [0.4, 0.5) is 0 Å². The van der Waals surface area contributed by atoms with Crippen molar-refractivity contribution in [1.29, 1.82) is 5.26 Å². The molecule has 0 rings (SSSR count). The van der Waals surface area contributed by atoms with Gasteiger partial charge in [0.2, 0.25) is 6.19 Å². The smallest absolute Gasteiger partial charge is 0.333 e. The second-order valence-electron chi connectivity index (χ2n) is 1.22. The van der Waals surface area contributed by atoms with E-state index in [4.69, 9.17) is 5.26 Å². The minimum Gasteiger partial charge on any atom is -0.333 e. The van der Waals surface area contributed by atoms with Crippen LogP contribution in [0.3, 0.4) is 0 Å². The molecule has 0 fully saturated rings. The van der Waals surface area contributed by atoms with E-state index < -0.39 is 5.97 Å². The van der Waals surface area contributed by atoms with Gasteiger partial charge in [0.1, 0.15) is 0 Å². The standard InChI is InChI=1S/C4H7N3O2/c1-6-2-4(8)9-7-3-5/h6-7H,2H2,1H3. The summed E-state index contributed by atoms with van der Waals surface area (Å²) in [6.45, 7) is 0.0919. The molecule has 0 bridgehead atoms. The molecule has 5 heteroatoms. The second-order valence-corrected chi connectivity index (χ2v) is 1.22. The molecule has 9 heavy (non-hydrogen) atoms. The highest BCUT2D eigenvalue weighted by Crippen LogP contribution is 1.66. The van der Waals surface area contributed by atoms with Crippen molar-refractivity contribution in [3.05, 3.63) is 0 Å². The third-order valence-corrected chi connectivity index (χ3v) is 0.532. The van der Waals surface area contributed by atoms with E-state index in [-0.39, 0.29) is 6.54 Å². The monoisotopic (exact) mass is 129 g/mol. The van der Waals surface area contributed by atoms with Crippen molar-refractivity contribution in [3.8, 4) is 6.19 Å². The fourth-order valence-corrected chi connectivity index (χ4v) is 0.260. The van der Waals surface area contributed by atoms with Crippen molar-refractivity contribution in [2.75, 3.05) is 13.6 Å². The van der Waals surface area contributed by atoms with Gasteiger partial charge in [0.15, 0.2) is 0 Å². The maximum atomic E-state index is 10.3. The van der Waals surface area contributed by atoms with Gasteiger partial charge < -0.3 is 10.2 Å². The third-order valence-electron chi connectivity index (χ3n) is 0.532. The van der Waals surface area contributed by atoms with E-state index in [1.54, 1.807) is 12.5 Å². The van der Waals surface area contributed by atoms with Crippen LogP contribution in [0.1, 0.15) is 0 Å². The molecule has 0 aliphatic heterocycles. The Kier molecular flexibility index (Phi) is 4.18. The summed E-state index contributed by atoms with van der Waals surface area (Å²) in [7, 11) is 1.60. The number of likely N-dealkylation sites (N-methyl/N-ethyl adjacent to an activating group) is 1. The first-order valence-corrected chi connectivity index (χ1v) is 2.29. The summed E-state index contributed by atoms with van der Waals surface area (Å²) < 4.78 is 0. The van der Waals surface area contributed by atoms with Gasteiger partial charge in [-0.2, -0.15) is 10.7 Å². The Labute approximate surface area is 52.6 Å². The van der Waals surface area contributed by atoms with Gasteiger partial charge in [-0.3, -0.25) is 0 Å². The van der Waals surface area contributed by atoms with Crippen LogP contribution in [0.15, 0.2) is 0 Å². The lowest BCUT2D eigenvalue weighted by molar-refractivity contribution is -0.147. The molecule has 0 aromatic heterocycles. The molecule has 0 aliphatic carbocycles. The van der Waals surface area contributed by atoms with Crippen LogP contribution in [0.2, 0.25) is 0 Å². The van der Waals surface area contributed by atoms with Crippen molar-refractivity contribution in [2.45, 2.75) is 0 Å². The highest BCUT2D eigenvalue weighted by atomic mass is 16.7. The number of hydrogen-bond acceptors (Lipinski definition) is 5. The quantitative estimate of drug-likeness (QED) is 0.282. The van der Waals surface area contributed by atoms with Crippen molar-refractivity contribution < 1.29 is 9.63 Å². The number of carbonyl (C=O) groups is 1. The topological polar surface area (TPSA) is 74.2 Å². The Hall–Kier alpha value is -1.28. The van der Waals surface area contributed by atoms with E-state index in [9.17, 15) is 4.79 Å². The zero-order valence-electron chi connectivity index (χ0n) is 4.97. The molecule has 0 aromatic rings. The van der Waals surface area contributed by atoms with Crippen LogP contribution in [-0.4, -0.2) is 19.6 Å². The molecule has 0 saturated carbocycles. The molecule has 5 nitrogen and oxygen atoms in total. The Morgan fingerprint density at radius 3 is 3.00 bits per heavy atom. The minimum absolute atomic E-state index is 0.0919. The Morgan fingerprint density at radius 2 is 2.56 bits per heavy atom. The Bertz CT molecular complexity index is 128. The van der Waals surface area contributed by atoms with Gasteiger partial charge >= 0.3 is 5.97 Å². The van der Waals surface area contributed by atoms with Gasteiger partial charge in [0.05, 0.1) is 6.54 Å². The van der Waals surface area contributed by atoms with Gasteiger partial charge in [-0.05, 0) is 7.05 Å². The lowest BCUT2D eigenvalue weighted by atomic mass is 10.7. The lowest BCUT2D eigenvalue weighted by Crippen LogP contribution is -2.25. The average molecular weight is 129 g/mol. The van der Waals surface area contributed by atoms with Crippen molar-refractivity contribution >= 4 is 5.97 Å². The zero-order chi connectivity index (χ0) is 7.11. The second kappa shape index (κ2) is 4.87. The number of carbonyl (C=O) groups excluding carboxylic acids is 1. The molecule has 0 radical (unpaired) electrons. The molecule has 0 aliphatic rings. The van der Waals surface area contributed by atoms with Crippen LogP contribution in [0.25, 0.3) is 0 Å². The first-order chi connectivity index (χ1) is 4.31. The number of hydrogen-bond donors (Lipinski definition) is 2. The average Bonchev–Trinajstić information content (AvgIpc) is 1.85. The van der Waals surface area contributed by atoms with E-state index in [2.05, 4.69) is 10.2 Å². The predicted octanol–water partition coefficient (Wildman–Crippen LogP) is -1.27. The molecular weight excluding hydrogens is 122 g/mol. The van der Waals surface area contributed by atoms with Gasteiger partial charge in [-0.25, -0.2) is 4.79 Å². The van der Waals surface area contributed by atoms with E-state index in [0.717, 1.165) is 0 Å². The molecule has 0 aromatic carbocycles. The molecule has 0 unspecified atom stereocenters. The van der Waals surface area contributed by atoms with Crippen LogP contribution >= 0.6 is 0 Å². The molecular formula is C4H7N3O2. The summed E-state index contributed by atoms with van der Waals surface area (Å²) in [4.78, 5) is 14.4. The van der Waals surface area contributed by atoms with E-state index >= 15 is 0 Å².